The van der Waals surface area contributed by atoms with Crippen molar-refractivity contribution < 1.29 is 14.6 Å². The van der Waals surface area contributed by atoms with E-state index in [2.05, 4.69) is 34.8 Å². The molecule has 0 saturated heterocycles. The van der Waals surface area contributed by atoms with E-state index in [1.54, 1.807) is 7.11 Å². The van der Waals surface area contributed by atoms with E-state index in [1.165, 1.54) is 0 Å². The number of carbonyl (C=O) groups is 1. The SMILES string of the molecule is COc1nc(-c2cccc(Br)c2Cl)cc(C)c1CN(C)C1CCC(C(=O)O)CC1. The Labute approximate surface area is 185 Å². The van der Waals surface area contributed by atoms with E-state index in [0.29, 0.717) is 23.5 Å². The molecule has 0 amide bonds. The topological polar surface area (TPSA) is 62.7 Å². The number of rotatable bonds is 6. The summed E-state index contributed by atoms with van der Waals surface area (Å²) in [5.41, 5.74) is 3.77. The van der Waals surface area contributed by atoms with Crippen molar-refractivity contribution in [2.75, 3.05) is 14.2 Å². The summed E-state index contributed by atoms with van der Waals surface area (Å²) in [6, 6.07) is 8.19. The molecule has 1 aliphatic carbocycles. The van der Waals surface area contributed by atoms with Crippen molar-refractivity contribution in [2.45, 2.75) is 45.2 Å². The van der Waals surface area contributed by atoms with Gasteiger partial charge in [-0.05, 0) is 73.3 Å². The first-order valence-corrected chi connectivity index (χ1v) is 10.9. The van der Waals surface area contributed by atoms with E-state index in [0.717, 1.165) is 52.5 Å². The molecule has 1 saturated carbocycles. The number of carboxylic acid groups (broad SMARTS) is 1. The number of aryl methyl sites for hydroxylation is 1. The fourth-order valence-corrected chi connectivity index (χ4v) is 4.60. The number of halogens is 2. The third-order valence-electron chi connectivity index (χ3n) is 5.81. The van der Waals surface area contributed by atoms with Gasteiger partial charge < -0.3 is 9.84 Å². The number of nitrogens with zero attached hydrogens (tertiary/aromatic N) is 2. The highest BCUT2D eigenvalue weighted by Crippen LogP contribution is 2.36. The Morgan fingerprint density at radius 2 is 2.03 bits per heavy atom. The van der Waals surface area contributed by atoms with Crippen LogP contribution in [0.3, 0.4) is 0 Å². The molecule has 0 bridgehead atoms. The predicted octanol–water partition coefficient (Wildman–Crippen LogP) is 5.56. The first kappa shape index (κ1) is 22.1. The zero-order chi connectivity index (χ0) is 21.1. The minimum absolute atomic E-state index is 0.202. The minimum atomic E-state index is -0.672. The van der Waals surface area contributed by atoms with Crippen LogP contribution in [-0.4, -0.2) is 41.2 Å². The van der Waals surface area contributed by atoms with Gasteiger partial charge in [-0.2, -0.15) is 0 Å². The highest BCUT2D eigenvalue weighted by molar-refractivity contribution is 9.10. The summed E-state index contributed by atoms with van der Waals surface area (Å²) < 4.78 is 6.45. The molecule has 3 rings (SSSR count). The number of ether oxygens (including phenoxy) is 1. The minimum Gasteiger partial charge on any atom is -0.481 e. The maximum atomic E-state index is 11.2. The number of benzene rings is 1. The molecule has 5 nitrogen and oxygen atoms in total. The fourth-order valence-electron chi connectivity index (χ4n) is 4.01. The Morgan fingerprint density at radius 3 is 2.66 bits per heavy atom. The molecule has 1 heterocycles. The molecular weight excluding hydrogens is 456 g/mol. The maximum Gasteiger partial charge on any atom is 0.306 e. The Kier molecular flexibility index (Phi) is 7.19. The molecule has 1 aliphatic rings. The van der Waals surface area contributed by atoms with Crippen LogP contribution in [0, 0.1) is 12.8 Å². The standard InChI is InChI=1S/C22H26BrClN2O3/c1-13-11-19(16-5-4-6-18(23)20(16)24)25-21(29-3)17(13)12-26(2)15-9-7-14(8-10-15)22(27)28/h4-6,11,14-15H,7-10,12H2,1-3H3,(H,27,28). The lowest BCUT2D eigenvalue weighted by atomic mass is 9.85. The van der Waals surface area contributed by atoms with Crippen LogP contribution >= 0.6 is 27.5 Å². The van der Waals surface area contributed by atoms with Crippen molar-refractivity contribution in [2.24, 2.45) is 5.92 Å². The van der Waals surface area contributed by atoms with Gasteiger partial charge in [-0.25, -0.2) is 4.98 Å². The fraction of sp³-hybridized carbons (Fsp3) is 0.455. The monoisotopic (exact) mass is 480 g/mol. The lowest BCUT2D eigenvalue weighted by Crippen LogP contribution is -2.36. The molecule has 0 spiro atoms. The smallest absolute Gasteiger partial charge is 0.306 e. The van der Waals surface area contributed by atoms with E-state index >= 15 is 0 Å². The van der Waals surface area contributed by atoms with E-state index in [1.807, 2.05) is 24.3 Å². The van der Waals surface area contributed by atoms with Gasteiger partial charge in [0, 0.05) is 28.2 Å². The number of methoxy groups -OCH3 is 1. The highest BCUT2D eigenvalue weighted by Gasteiger charge is 2.28. The number of aliphatic carboxylic acids is 1. The van der Waals surface area contributed by atoms with E-state index in [4.69, 9.17) is 21.3 Å². The normalized spacial score (nSPS) is 19.4. The number of hydrogen-bond donors (Lipinski definition) is 1. The molecule has 0 atom stereocenters. The zero-order valence-electron chi connectivity index (χ0n) is 16.9. The average molecular weight is 482 g/mol. The maximum absolute atomic E-state index is 11.2. The van der Waals surface area contributed by atoms with Crippen LogP contribution in [0.5, 0.6) is 5.88 Å². The summed E-state index contributed by atoms with van der Waals surface area (Å²) in [6.45, 7) is 2.76. The van der Waals surface area contributed by atoms with Crippen LogP contribution in [0.4, 0.5) is 0 Å². The summed E-state index contributed by atoms with van der Waals surface area (Å²) in [7, 11) is 3.72. The van der Waals surface area contributed by atoms with E-state index in [-0.39, 0.29) is 5.92 Å². The molecule has 0 aliphatic heterocycles. The van der Waals surface area contributed by atoms with Crippen LogP contribution in [0.1, 0.15) is 36.8 Å². The molecule has 1 aromatic heterocycles. The lowest BCUT2D eigenvalue weighted by molar-refractivity contribution is -0.143. The highest BCUT2D eigenvalue weighted by atomic mass is 79.9. The van der Waals surface area contributed by atoms with Crippen molar-refractivity contribution in [1.82, 2.24) is 9.88 Å². The van der Waals surface area contributed by atoms with Gasteiger partial charge in [-0.3, -0.25) is 9.69 Å². The van der Waals surface area contributed by atoms with Gasteiger partial charge in [0.15, 0.2) is 0 Å². The summed E-state index contributed by atoms with van der Waals surface area (Å²) >= 11 is 9.92. The molecule has 7 heteroatoms. The molecule has 1 fully saturated rings. The average Bonchev–Trinajstić information content (AvgIpc) is 2.71. The summed E-state index contributed by atoms with van der Waals surface area (Å²) in [6.07, 6.45) is 3.26. The third kappa shape index (κ3) is 4.93. The van der Waals surface area contributed by atoms with Crippen molar-refractivity contribution in [1.29, 1.82) is 0 Å². The van der Waals surface area contributed by atoms with Crippen LogP contribution in [0.15, 0.2) is 28.7 Å². The van der Waals surface area contributed by atoms with Gasteiger partial charge in [-0.1, -0.05) is 23.7 Å². The number of aromatic nitrogens is 1. The summed E-state index contributed by atoms with van der Waals surface area (Å²) in [4.78, 5) is 18.2. The van der Waals surface area contributed by atoms with Crippen molar-refractivity contribution in [3.05, 3.63) is 44.9 Å². The van der Waals surface area contributed by atoms with Crippen LogP contribution in [0.25, 0.3) is 11.3 Å². The third-order valence-corrected chi connectivity index (χ3v) is 7.10. The zero-order valence-corrected chi connectivity index (χ0v) is 19.3. The van der Waals surface area contributed by atoms with Gasteiger partial charge in [0.25, 0.3) is 0 Å². The number of hydrogen-bond acceptors (Lipinski definition) is 4. The predicted molar refractivity (Wildman–Crippen MR) is 119 cm³/mol. The second-order valence-corrected chi connectivity index (χ2v) is 8.90. The Morgan fingerprint density at radius 1 is 1.34 bits per heavy atom. The molecule has 156 valence electrons. The van der Waals surface area contributed by atoms with Crippen LogP contribution < -0.4 is 4.74 Å². The van der Waals surface area contributed by atoms with Gasteiger partial charge in [-0.15, -0.1) is 0 Å². The number of carboxylic acids is 1. The van der Waals surface area contributed by atoms with Gasteiger partial charge >= 0.3 is 5.97 Å². The molecular formula is C22H26BrClN2O3. The Hall–Kier alpha value is -1.63. The lowest BCUT2D eigenvalue weighted by Gasteiger charge is -2.34. The van der Waals surface area contributed by atoms with Crippen molar-refractivity contribution in [3.63, 3.8) is 0 Å². The molecule has 2 aromatic rings. The largest absolute Gasteiger partial charge is 0.481 e. The second kappa shape index (κ2) is 9.45. The van der Waals surface area contributed by atoms with Crippen molar-refractivity contribution >= 4 is 33.5 Å². The molecule has 1 aromatic carbocycles. The Balaban J connectivity index is 1.81. The van der Waals surface area contributed by atoms with Gasteiger partial charge in [0.1, 0.15) is 0 Å². The van der Waals surface area contributed by atoms with Crippen molar-refractivity contribution in [3.8, 4) is 17.1 Å². The Bertz CT molecular complexity index is 898. The van der Waals surface area contributed by atoms with E-state index < -0.39 is 5.97 Å². The molecule has 0 unspecified atom stereocenters. The molecule has 29 heavy (non-hydrogen) atoms. The van der Waals surface area contributed by atoms with Gasteiger partial charge in [0.05, 0.1) is 23.7 Å². The van der Waals surface area contributed by atoms with Crippen LogP contribution in [-0.2, 0) is 11.3 Å². The first-order chi connectivity index (χ1) is 13.8. The van der Waals surface area contributed by atoms with E-state index in [9.17, 15) is 9.90 Å². The number of pyridine rings is 1. The van der Waals surface area contributed by atoms with Gasteiger partial charge in [0.2, 0.25) is 5.88 Å². The molecule has 0 radical (unpaired) electrons. The first-order valence-electron chi connectivity index (χ1n) is 9.73. The quantitative estimate of drug-likeness (QED) is 0.585. The molecule has 1 N–H and O–H groups in total. The second-order valence-electron chi connectivity index (χ2n) is 7.67. The van der Waals surface area contributed by atoms with Crippen LogP contribution in [0.2, 0.25) is 5.02 Å². The summed E-state index contributed by atoms with van der Waals surface area (Å²) in [5, 5.41) is 9.84. The summed E-state index contributed by atoms with van der Waals surface area (Å²) in [5.74, 6) is -0.274.